The molecule has 3 aliphatic rings. The van der Waals surface area contributed by atoms with Crippen LogP contribution in [-0.4, -0.2) is 104 Å². The fraction of sp³-hybridized carbons (Fsp3) is 0.442. The molecule has 306 valence electrons. The second-order valence-electron chi connectivity index (χ2n) is 15.1. The highest BCUT2D eigenvalue weighted by atomic mass is 16.2. The van der Waals surface area contributed by atoms with Gasteiger partial charge in [0, 0.05) is 46.8 Å². The van der Waals surface area contributed by atoms with E-state index < -0.39 is 23.6 Å². The van der Waals surface area contributed by atoms with E-state index in [-0.39, 0.29) is 46.5 Å². The molecule has 2 fully saturated rings. The lowest BCUT2D eigenvalue weighted by Gasteiger charge is -2.26. The monoisotopic (exact) mass is 791 g/mol. The van der Waals surface area contributed by atoms with Crippen LogP contribution >= 0.6 is 0 Å². The fourth-order valence-corrected chi connectivity index (χ4v) is 7.37. The normalized spacial score (nSPS) is 16.3. The molecular weight excluding hydrogens is 739 g/mol. The molecule has 0 radical (unpaired) electrons. The summed E-state index contributed by atoms with van der Waals surface area (Å²) in [6, 6.07) is 14.3. The number of nitrogens with zero attached hydrogens (tertiary/aromatic N) is 4. The van der Waals surface area contributed by atoms with Crippen LogP contribution in [0, 0.1) is 0 Å². The van der Waals surface area contributed by atoms with Gasteiger partial charge in [-0.15, -0.1) is 0 Å². The maximum Gasteiger partial charge on any atom is 0.258 e. The molecule has 58 heavy (non-hydrogen) atoms. The highest BCUT2D eigenvalue weighted by Gasteiger charge is 2.25. The van der Waals surface area contributed by atoms with Crippen molar-refractivity contribution >= 4 is 58.1 Å². The van der Waals surface area contributed by atoms with Crippen LogP contribution in [0.3, 0.4) is 0 Å². The Balaban J connectivity index is 1.07. The van der Waals surface area contributed by atoms with Crippen molar-refractivity contribution in [1.29, 1.82) is 0 Å². The van der Waals surface area contributed by atoms with Crippen LogP contribution in [0.4, 0.5) is 22.7 Å². The van der Waals surface area contributed by atoms with E-state index in [1.165, 1.54) is 69.7 Å². The summed E-state index contributed by atoms with van der Waals surface area (Å²) in [7, 11) is 0. The molecule has 1 atom stereocenters. The van der Waals surface area contributed by atoms with Gasteiger partial charge in [-0.3, -0.25) is 28.8 Å². The molecule has 0 aromatic heterocycles. The average molecular weight is 792 g/mol. The molecule has 3 aromatic rings. The van der Waals surface area contributed by atoms with Gasteiger partial charge in [-0.2, -0.15) is 10.2 Å². The molecular formula is C43H53N9O6. The maximum atomic E-state index is 13.4. The van der Waals surface area contributed by atoms with Crippen molar-refractivity contribution in [2.75, 3.05) is 68.3 Å². The Morgan fingerprint density at radius 3 is 1.83 bits per heavy atom. The zero-order valence-electron chi connectivity index (χ0n) is 33.1. The molecule has 0 bridgehead atoms. The Morgan fingerprint density at radius 2 is 1.26 bits per heavy atom. The van der Waals surface area contributed by atoms with Crippen LogP contribution in [0.25, 0.3) is 0 Å². The Morgan fingerprint density at radius 1 is 0.672 bits per heavy atom. The van der Waals surface area contributed by atoms with Gasteiger partial charge < -0.3 is 36.4 Å². The van der Waals surface area contributed by atoms with Crippen molar-refractivity contribution in [2.24, 2.45) is 10.2 Å². The molecule has 2 saturated heterocycles. The molecule has 6 rings (SSSR count). The summed E-state index contributed by atoms with van der Waals surface area (Å²) in [6.07, 6.45) is 9.21. The number of amides is 5. The summed E-state index contributed by atoms with van der Waals surface area (Å²) < 4.78 is 0. The first-order chi connectivity index (χ1) is 28.1. The van der Waals surface area contributed by atoms with Gasteiger partial charge >= 0.3 is 0 Å². The van der Waals surface area contributed by atoms with Gasteiger partial charge in [0.2, 0.25) is 11.9 Å². The van der Waals surface area contributed by atoms with E-state index in [1.807, 2.05) is 0 Å². The fourth-order valence-electron chi connectivity index (χ4n) is 7.37. The minimum absolute atomic E-state index is 0.136. The van der Waals surface area contributed by atoms with Crippen molar-refractivity contribution in [2.45, 2.75) is 70.8 Å². The Hall–Kier alpha value is -5.80. The summed E-state index contributed by atoms with van der Waals surface area (Å²) in [4.78, 5) is 81.9. The van der Waals surface area contributed by atoms with E-state index in [4.69, 9.17) is 0 Å². The summed E-state index contributed by atoms with van der Waals surface area (Å²) in [5, 5.41) is 22.2. The summed E-state index contributed by atoms with van der Waals surface area (Å²) in [5.41, 5.74) is 3.18. The minimum Gasteiger partial charge on any atom is -0.352 e. The van der Waals surface area contributed by atoms with Crippen molar-refractivity contribution in [3.8, 4) is 0 Å². The largest absolute Gasteiger partial charge is 0.352 e. The van der Waals surface area contributed by atoms with E-state index in [9.17, 15) is 28.8 Å². The number of piperidine rings is 2. The molecule has 1 unspecified atom stereocenters. The number of Topliss-reactive ketones (excluding diaryl/α,β-unsaturated/α-hetero) is 1. The zero-order chi connectivity index (χ0) is 40.9. The van der Waals surface area contributed by atoms with Crippen LogP contribution < -0.4 is 26.6 Å². The molecule has 0 saturated carbocycles. The van der Waals surface area contributed by atoms with Crippen LogP contribution in [0.1, 0.15) is 94.9 Å². The first-order valence-electron chi connectivity index (χ1n) is 20.3. The molecule has 0 spiro atoms. The van der Waals surface area contributed by atoms with E-state index in [2.05, 4.69) is 46.6 Å². The number of anilines is 3. The topological polar surface area (TPSA) is 194 Å². The molecule has 3 aliphatic heterocycles. The number of hydrogen-bond acceptors (Lipinski definition) is 10. The number of hydrogen-bond donors (Lipinski definition) is 5. The Bertz CT molecular complexity index is 1950. The van der Waals surface area contributed by atoms with Gasteiger partial charge in [-0.1, -0.05) is 18.9 Å². The zero-order valence-corrected chi connectivity index (χ0v) is 33.1. The molecule has 5 N–H and O–H groups in total. The molecule has 3 aromatic carbocycles. The predicted molar refractivity (Wildman–Crippen MR) is 222 cm³/mol. The van der Waals surface area contributed by atoms with Crippen molar-refractivity contribution < 1.29 is 28.8 Å². The van der Waals surface area contributed by atoms with E-state index in [1.54, 1.807) is 36.4 Å². The number of carbonyl (C=O) groups excluding carboxylic acids is 6. The molecule has 0 aliphatic carbocycles. The smallest absolute Gasteiger partial charge is 0.258 e. The van der Waals surface area contributed by atoms with Crippen LogP contribution in [0.2, 0.25) is 0 Å². The first-order valence-corrected chi connectivity index (χ1v) is 20.3. The molecule has 15 nitrogen and oxygen atoms in total. The number of carbonyl (C=O) groups is 6. The van der Waals surface area contributed by atoms with E-state index in [0.29, 0.717) is 30.2 Å². The number of azo groups is 1. The molecule has 3 heterocycles. The molecule has 15 heteroatoms. The van der Waals surface area contributed by atoms with Gasteiger partial charge in [0.25, 0.3) is 23.6 Å². The Labute approximate surface area is 338 Å². The minimum atomic E-state index is -1.42. The lowest BCUT2D eigenvalue weighted by atomic mass is 10.1. The lowest BCUT2D eigenvalue weighted by Crippen LogP contribution is -2.34. The quantitative estimate of drug-likeness (QED) is 0.0688. The number of likely N-dealkylation sites (tertiary alicyclic amines) is 2. The van der Waals surface area contributed by atoms with Gasteiger partial charge in [0.1, 0.15) is 0 Å². The third kappa shape index (κ3) is 12.1. The van der Waals surface area contributed by atoms with E-state index in [0.717, 1.165) is 57.7 Å². The van der Waals surface area contributed by atoms with Gasteiger partial charge in [-0.05, 0) is 145 Å². The Kier molecular flexibility index (Phi) is 14.8. The van der Waals surface area contributed by atoms with E-state index >= 15 is 0 Å². The second kappa shape index (κ2) is 20.6. The third-order valence-corrected chi connectivity index (χ3v) is 10.5. The third-order valence-electron chi connectivity index (χ3n) is 10.5. The second-order valence-corrected chi connectivity index (χ2v) is 15.1. The van der Waals surface area contributed by atoms with Crippen molar-refractivity contribution in [3.05, 3.63) is 82.9 Å². The molecule has 5 amide bonds. The lowest BCUT2D eigenvalue weighted by molar-refractivity contribution is -0.126. The predicted octanol–water partition coefficient (Wildman–Crippen LogP) is 5.33. The highest BCUT2D eigenvalue weighted by Crippen LogP contribution is 2.27. The number of nitrogens with one attached hydrogen (secondary N) is 5. The number of rotatable bonds is 17. The maximum absolute atomic E-state index is 13.4. The average Bonchev–Trinajstić information content (AvgIpc) is 3.61. The van der Waals surface area contributed by atoms with Gasteiger partial charge in [0.15, 0.2) is 5.78 Å². The van der Waals surface area contributed by atoms with Gasteiger partial charge in [-0.25, -0.2) is 0 Å². The SMILES string of the molecule is CC(=O)C(N=Nc1ccc(C(=O)Nc2cc(C(=O)NCCCN3CCCCC3)cc(C(=O)NCCCN3CCCCC3)c2)cc1)C(=O)Nc1ccc2c(c1)NC(=O)C2. The van der Waals surface area contributed by atoms with Crippen molar-refractivity contribution in [3.63, 3.8) is 0 Å². The first kappa shape index (κ1) is 41.8. The number of fused-ring (bicyclic) bond motifs is 1. The number of ketones is 1. The standard InChI is InChI=1S/C43H53N9O6/c1-29(53)39(43(58)46-35-15-12-31-27-38(54)48-37(31)28-35)50-49-34-13-10-30(11-14-34)42(57)47-36-25-32(40(55)44-16-8-22-51-18-4-2-5-19-51)24-33(26-36)41(56)45-17-9-23-52-20-6-3-7-21-52/h10-15,24-26,28,39H,2-9,16-23,27H2,1H3,(H,44,55)(H,45,56)(H,46,58)(H,47,57)(H,48,54). The summed E-state index contributed by atoms with van der Waals surface area (Å²) in [5.74, 6) is -2.49. The number of benzene rings is 3. The summed E-state index contributed by atoms with van der Waals surface area (Å²) >= 11 is 0. The summed E-state index contributed by atoms with van der Waals surface area (Å²) in [6.45, 7) is 8.36. The van der Waals surface area contributed by atoms with Crippen LogP contribution in [0.5, 0.6) is 0 Å². The van der Waals surface area contributed by atoms with Gasteiger partial charge in [0.05, 0.1) is 12.1 Å². The van der Waals surface area contributed by atoms with Crippen molar-refractivity contribution in [1.82, 2.24) is 20.4 Å². The van der Waals surface area contributed by atoms with Crippen LogP contribution in [0.15, 0.2) is 70.9 Å². The van der Waals surface area contributed by atoms with Crippen LogP contribution in [-0.2, 0) is 20.8 Å². The highest BCUT2D eigenvalue weighted by molar-refractivity contribution is 6.11.